The van der Waals surface area contributed by atoms with Gasteiger partial charge in [-0.05, 0) is 35.6 Å². The summed E-state index contributed by atoms with van der Waals surface area (Å²) in [5, 5.41) is 9.20. The molecule has 1 rings (SSSR count). The van der Waals surface area contributed by atoms with E-state index in [-0.39, 0.29) is 12.2 Å². The van der Waals surface area contributed by atoms with Crippen LogP contribution < -0.4 is 0 Å². The molecule has 0 spiro atoms. The third-order valence-electron chi connectivity index (χ3n) is 2.78. The van der Waals surface area contributed by atoms with E-state index in [0.29, 0.717) is 5.56 Å². The Hall–Kier alpha value is -0.900. The summed E-state index contributed by atoms with van der Waals surface area (Å²) >= 11 is 3.26. The van der Waals surface area contributed by atoms with Crippen molar-refractivity contribution >= 4 is 21.9 Å². The van der Waals surface area contributed by atoms with Gasteiger partial charge in [-0.1, -0.05) is 36.7 Å². The van der Waals surface area contributed by atoms with E-state index in [1.54, 1.807) is 12.1 Å². The Morgan fingerprint density at radius 2 is 2.06 bits per heavy atom. The maximum atomic E-state index is 13.6. The number of hydrogen-bond donors (Lipinski definition) is 1. The van der Waals surface area contributed by atoms with Gasteiger partial charge in [0.2, 0.25) is 0 Å². The average molecular weight is 303 g/mol. The topological polar surface area (TPSA) is 37.3 Å². The molecule has 0 saturated carbocycles. The zero-order chi connectivity index (χ0) is 13.2. The van der Waals surface area contributed by atoms with Crippen LogP contribution in [0.1, 0.15) is 26.3 Å². The highest BCUT2D eigenvalue weighted by Gasteiger charge is 2.31. The van der Waals surface area contributed by atoms with Gasteiger partial charge in [-0.3, -0.25) is 4.79 Å². The number of aliphatic carboxylic acids is 1. The molecule has 4 heteroatoms. The second kappa shape index (κ2) is 5.17. The molecule has 0 heterocycles. The molecule has 94 valence electrons. The number of carboxylic acid groups (broad SMARTS) is 1. The molecule has 0 aliphatic rings. The van der Waals surface area contributed by atoms with E-state index in [1.165, 1.54) is 6.07 Å². The molecule has 2 nitrogen and oxygen atoms in total. The normalized spacial score (nSPS) is 13.5. The standard InChI is InChI=1S/C13H16BrFO2/c1-13(2,3)10(12(16)17)7-8-6-9(14)4-5-11(8)15/h4-6,10H,7H2,1-3H3,(H,16,17). The van der Waals surface area contributed by atoms with E-state index in [0.717, 1.165) is 4.47 Å². The zero-order valence-electron chi connectivity index (χ0n) is 10.1. The summed E-state index contributed by atoms with van der Waals surface area (Å²) in [6.45, 7) is 5.55. The van der Waals surface area contributed by atoms with Crippen molar-refractivity contribution in [1.29, 1.82) is 0 Å². The van der Waals surface area contributed by atoms with Crippen molar-refractivity contribution in [2.24, 2.45) is 11.3 Å². The second-order valence-corrected chi connectivity index (χ2v) is 6.11. The van der Waals surface area contributed by atoms with Crippen molar-refractivity contribution in [3.8, 4) is 0 Å². The zero-order valence-corrected chi connectivity index (χ0v) is 11.7. The first-order valence-electron chi connectivity index (χ1n) is 5.38. The SMILES string of the molecule is CC(C)(C)C(Cc1cc(Br)ccc1F)C(=O)O. The van der Waals surface area contributed by atoms with Crippen LogP contribution in [0, 0.1) is 17.2 Å². The largest absolute Gasteiger partial charge is 0.481 e. The minimum absolute atomic E-state index is 0.199. The van der Waals surface area contributed by atoms with Gasteiger partial charge in [-0.25, -0.2) is 4.39 Å². The summed E-state index contributed by atoms with van der Waals surface area (Å²) in [6, 6.07) is 4.59. The fourth-order valence-electron chi connectivity index (χ4n) is 1.68. The molecular formula is C13H16BrFO2. The average Bonchev–Trinajstić information content (AvgIpc) is 2.17. The van der Waals surface area contributed by atoms with E-state index in [2.05, 4.69) is 15.9 Å². The lowest BCUT2D eigenvalue weighted by Crippen LogP contribution is -2.30. The fourth-order valence-corrected chi connectivity index (χ4v) is 2.09. The first kappa shape index (κ1) is 14.2. The summed E-state index contributed by atoms with van der Waals surface area (Å²) in [5.74, 6) is -1.85. The Bertz CT molecular complexity index is 424. The maximum absolute atomic E-state index is 13.6. The summed E-state index contributed by atoms with van der Waals surface area (Å²) in [5.41, 5.74) is 0.0299. The van der Waals surface area contributed by atoms with Gasteiger partial charge in [0.25, 0.3) is 0 Å². The highest BCUT2D eigenvalue weighted by atomic mass is 79.9. The van der Waals surface area contributed by atoms with Gasteiger partial charge in [-0.15, -0.1) is 0 Å². The Morgan fingerprint density at radius 3 is 2.53 bits per heavy atom. The highest BCUT2D eigenvalue weighted by molar-refractivity contribution is 9.10. The van der Waals surface area contributed by atoms with Crippen LogP contribution in [0.2, 0.25) is 0 Å². The minimum atomic E-state index is -0.892. The predicted molar refractivity (Wildman–Crippen MR) is 68.4 cm³/mol. The summed E-state index contributed by atoms with van der Waals surface area (Å²) in [7, 11) is 0. The molecule has 0 aromatic heterocycles. The van der Waals surface area contributed by atoms with E-state index < -0.39 is 17.3 Å². The summed E-state index contributed by atoms with van der Waals surface area (Å²) < 4.78 is 14.3. The number of rotatable bonds is 3. The molecule has 1 unspecified atom stereocenters. The maximum Gasteiger partial charge on any atom is 0.307 e. The van der Waals surface area contributed by atoms with Crippen LogP contribution in [-0.4, -0.2) is 11.1 Å². The fraction of sp³-hybridized carbons (Fsp3) is 0.462. The van der Waals surface area contributed by atoms with Gasteiger partial charge in [0, 0.05) is 4.47 Å². The molecule has 0 radical (unpaired) electrons. The monoisotopic (exact) mass is 302 g/mol. The third kappa shape index (κ3) is 3.80. The molecule has 1 N–H and O–H groups in total. The molecule has 1 aromatic rings. The van der Waals surface area contributed by atoms with Gasteiger partial charge in [0.05, 0.1) is 5.92 Å². The number of carbonyl (C=O) groups is 1. The molecule has 0 amide bonds. The van der Waals surface area contributed by atoms with Crippen LogP contribution in [0.4, 0.5) is 4.39 Å². The van der Waals surface area contributed by atoms with Crippen LogP contribution in [0.15, 0.2) is 22.7 Å². The van der Waals surface area contributed by atoms with Gasteiger partial charge in [0.15, 0.2) is 0 Å². The quantitative estimate of drug-likeness (QED) is 0.920. The van der Waals surface area contributed by atoms with Crippen LogP contribution in [0.5, 0.6) is 0 Å². The van der Waals surface area contributed by atoms with E-state index in [4.69, 9.17) is 0 Å². The minimum Gasteiger partial charge on any atom is -0.481 e. The first-order valence-corrected chi connectivity index (χ1v) is 6.18. The number of benzene rings is 1. The molecule has 0 bridgehead atoms. The van der Waals surface area contributed by atoms with E-state index in [9.17, 15) is 14.3 Å². The second-order valence-electron chi connectivity index (χ2n) is 5.20. The van der Waals surface area contributed by atoms with Gasteiger partial charge < -0.3 is 5.11 Å². The Morgan fingerprint density at radius 1 is 1.47 bits per heavy atom. The molecule has 0 aliphatic heterocycles. The number of hydrogen-bond acceptors (Lipinski definition) is 1. The van der Waals surface area contributed by atoms with Crippen molar-refractivity contribution in [2.45, 2.75) is 27.2 Å². The lowest BCUT2D eigenvalue weighted by atomic mass is 9.77. The molecule has 0 saturated heterocycles. The Balaban J connectivity index is 3.02. The first-order chi connectivity index (χ1) is 7.71. The van der Waals surface area contributed by atoms with E-state index in [1.807, 2.05) is 20.8 Å². The molecule has 0 fully saturated rings. The number of carboxylic acids is 1. The molecule has 1 aromatic carbocycles. The highest BCUT2D eigenvalue weighted by Crippen LogP contribution is 2.30. The number of halogens is 2. The van der Waals surface area contributed by atoms with Crippen molar-refractivity contribution in [3.63, 3.8) is 0 Å². The molecule has 0 aliphatic carbocycles. The molecule has 1 atom stereocenters. The van der Waals surface area contributed by atoms with Crippen molar-refractivity contribution in [3.05, 3.63) is 34.1 Å². The lowest BCUT2D eigenvalue weighted by Gasteiger charge is -2.27. The van der Waals surface area contributed by atoms with Crippen molar-refractivity contribution < 1.29 is 14.3 Å². The van der Waals surface area contributed by atoms with E-state index >= 15 is 0 Å². The molecule has 17 heavy (non-hydrogen) atoms. The van der Waals surface area contributed by atoms with Gasteiger partial charge in [-0.2, -0.15) is 0 Å². The van der Waals surface area contributed by atoms with Gasteiger partial charge in [0.1, 0.15) is 5.82 Å². The lowest BCUT2D eigenvalue weighted by molar-refractivity contribution is -0.145. The summed E-state index contributed by atoms with van der Waals surface area (Å²) in [4.78, 5) is 11.2. The molecular weight excluding hydrogens is 287 g/mol. The van der Waals surface area contributed by atoms with Crippen LogP contribution in [-0.2, 0) is 11.2 Å². The van der Waals surface area contributed by atoms with Crippen molar-refractivity contribution in [2.75, 3.05) is 0 Å². The Kier molecular flexibility index (Phi) is 4.31. The van der Waals surface area contributed by atoms with Gasteiger partial charge >= 0.3 is 5.97 Å². The van der Waals surface area contributed by atoms with Crippen LogP contribution >= 0.6 is 15.9 Å². The Labute approximate surface area is 109 Å². The van der Waals surface area contributed by atoms with Crippen LogP contribution in [0.25, 0.3) is 0 Å². The predicted octanol–water partition coefficient (Wildman–Crippen LogP) is 3.88. The van der Waals surface area contributed by atoms with Crippen molar-refractivity contribution in [1.82, 2.24) is 0 Å². The smallest absolute Gasteiger partial charge is 0.307 e. The summed E-state index contributed by atoms with van der Waals surface area (Å²) in [6.07, 6.45) is 0.199. The van der Waals surface area contributed by atoms with Crippen LogP contribution in [0.3, 0.4) is 0 Å². The third-order valence-corrected chi connectivity index (χ3v) is 3.27.